The van der Waals surface area contributed by atoms with Gasteiger partial charge in [0, 0.05) is 18.8 Å². The van der Waals surface area contributed by atoms with Crippen molar-refractivity contribution >= 4 is 46.0 Å². The van der Waals surface area contributed by atoms with Gasteiger partial charge in [0.2, 0.25) is 0 Å². The van der Waals surface area contributed by atoms with E-state index < -0.39 is 0 Å². The van der Waals surface area contributed by atoms with Gasteiger partial charge in [-0.25, -0.2) is 4.98 Å². The molecule has 0 N–H and O–H groups in total. The molecule has 2 aromatic rings. The van der Waals surface area contributed by atoms with Crippen LogP contribution in [0.15, 0.2) is 18.2 Å². The highest BCUT2D eigenvalue weighted by Gasteiger charge is 2.12. The second-order valence-electron chi connectivity index (χ2n) is 4.78. The maximum atomic E-state index is 6.23. The van der Waals surface area contributed by atoms with E-state index in [1.54, 1.807) is 0 Å². The lowest BCUT2D eigenvalue weighted by atomic mass is 10.2. The fraction of sp³-hybridized carbons (Fsp3) is 0.533. The number of thioether (sulfide) groups is 1. The lowest BCUT2D eigenvalue weighted by Crippen LogP contribution is -2.05. The largest absolute Gasteiger partial charge is 0.328 e. The third-order valence-electron chi connectivity index (χ3n) is 3.36. The van der Waals surface area contributed by atoms with Crippen molar-refractivity contribution < 1.29 is 0 Å². The van der Waals surface area contributed by atoms with Crippen LogP contribution in [0.2, 0.25) is 5.02 Å². The van der Waals surface area contributed by atoms with E-state index in [0.29, 0.717) is 5.88 Å². The number of nitrogens with zero attached hydrogens (tertiary/aromatic N) is 2. The average molecular weight is 331 g/mol. The first kappa shape index (κ1) is 16.0. The number of imidazole rings is 1. The molecule has 0 saturated heterocycles. The molecule has 110 valence electrons. The van der Waals surface area contributed by atoms with Gasteiger partial charge in [-0.3, -0.25) is 0 Å². The van der Waals surface area contributed by atoms with Crippen molar-refractivity contribution in [3.05, 3.63) is 29.0 Å². The number of unbranched alkanes of at least 4 members (excludes halogenated alkanes) is 2. The molecule has 0 aliphatic rings. The summed E-state index contributed by atoms with van der Waals surface area (Å²) in [5.41, 5.74) is 2.03. The Morgan fingerprint density at radius 2 is 2.10 bits per heavy atom. The molecular formula is C15H20Cl2N2S. The van der Waals surface area contributed by atoms with E-state index in [-0.39, 0.29) is 0 Å². The minimum absolute atomic E-state index is 0.591. The van der Waals surface area contributed by atoms with Gasteiger partial charge >= 0.3 is 0 Å². The standard InChI is InChI=1S/C15H20Cl2N2S/c1-20-11-4-2-3-10-19-13-7-5-6-12(17)15(13)18-14(19)8-9-16/h5-7H,2-4,8-11H2,1H3. The van der Waals surface area contributed by atoms with Crippen LogP contribution < -0.4 is 0 Å². The third-order valence-corrected chi connectivity index (χ3v) is 4.55. The molecule has 0 amide bonds. The quantitative estimate of drug-likeness (QED) is 0.500. The molecule has 0 saturated carbocycles. The number of hydrogen-bond acceptors (Lipinski definition) is 2. The Morgan fingerprint density at radius 3 is 2.85 bits per heavy atom. The average Bonchev–Trinajstić information content (AvgIpc) is 2.79. The van der Waals surface area contributed by atoms with Gasteiger partial charge < -0.3 is 4.57 Å². The zero-order chi connectivity index (χ0) is 14.4. The topological polar surface area (TPSA) is 17.8 Å². The van der Waals surface area contributed by atoms with Crippen molar-refractivity contribution in [1.29, 1.82) is 0 Å². The van der Waals surface area contributed by atoms with E-state index in [4.69, 9.17) is 23.2 Å². The van der Waals surface area contributed by atoms with Gasteiger partial charge in [0.05, 0.1) is 10.5 Å². The van der Waals surface area contributed by atoms with E-state index >= 15 is 0 Å². The molecule has 1 heterocycles. The summed E-state index contributed by atoms with van der Waals surface area (Å²) in [5.74, 6) is 2.88. The lowest BCUT2D eigenvalue weighted by Gasteiger charge is -2.08. The molecule has 5 heteroatoms. The zero-order valence-corrected chi connectivity index (χ0v) is 14.1. The number of para-hydroxylation sites is 1. The SMILES string of the molecule is CSCCCCCn1c(CCCl)nc2c(Cl)cccc21. The lowest BCUT2D eigenvalue weighted by molar-refractivity contribution is 0.596. The first-order valence-corrected chi connectivity index (χ1v) is 9.27. The smallest absolute Gasteiger partial charge is 0.111 e. The molecule has 2 nitrogen and oxygen atoms in total. The van der Waals surface area contributed by atoms with Crippen LogP contribution in [0.5, 0.6) is 0 Å². The van der Waals surface area contributed by atoms with Crippen LogP contribution in [0.3, 0.4) is 0 Å². The number of aryl methyl sites for hydroxylation is 2. The van der Waals surface area contributed by atoms with Crippen molar-refractivity contribution in [2.75, 3.05) is 17.9 Å². The molecule has 0 unspecified atom stereocenters. The molecule has 0 radical (unpaired) electrons. The molecule has 2 rings (SSSR count). The van der Waals surface area contributed by atoms with E-state index in [1.165, 1.54) is 25.0 Å². The summed E-state index contributed by atoms with van der Waals surface area (Å²) in [6.45, 7) is 0.997. The minimum Gasteiger partial charge on any atom is -0.328 e. The highest BCUT2D eigenvalue weighted by molar-refractivity contribution is 7.98. The number of rotatable bonds is 8. The Labute approximate surface area is 134 Å². The van der Waals surface area contributed by atoms with Gasteiger partial charge in [0.25, 0.3) is 0 Å². The van der Waals surface area contributed by atoms with E-state index in [1.807, 2.05) is 23.9 Å². The fourth-order valence-corrected chi connectivity index (χ4v) is 3.25. The van der Waals surface area contributed by atoms with Gasteiger partial charge in [-0.2, -0.15) is 11.8 Å². The van der Waals surface area contributed by atoms with Gasteiger partial charge in [0.1, 0.15) is 11.3 Å². The first-order valence-electron chi connectivity index (χ1n) is 6.96. The van der Waals surface area contributed by atoms with Crippen LogP contribution >= 0.6 is 35.0 Å². The van der Waals surface area contributed by atoms with Crippen LogP contribution in [-0.2, 0) is 13.0 Å². The van der Waals surface area contributed by atoms with Crippen molar-refractivity contribution in [3.63, 3.8) is 0 Å². The van der Waals surface area contributed by atoms with Crippen LogP contribution in [0.4, 0.5) is 0 Å². The normalized spacial score (nSPS) is 11.3. The summed E-state index contributed by atoms with van der Waals surface area (Å²) in [5, 5.41) is 0.722. The molecule has 0 aliphatic carbocycles. The molecule has 20 heavy (non-hydrogen) atoms. The molecule has 0 aliphatic heterocycles. The Morgan fingerprint density at radius 1 is 1.25 bits per heavy atom. The molecule has 1 aromatic heterocycles. The molecular weight excluding hydrogens is 311 g/mol. The van der Waals surface area contributed by atoms with Crippen molar-refractivity contribution in [1.82, 2.24) is 9.55 Å². The van der Waals surface area contributed by atoms with E-state index in [0.717, 1.165) is 34.8 Å². The number of fused-ring (bicyclic) bond motifs is 1. The summed E-state index contributed by atoms with van der Waals surface area (Å²) in [4.78, 5) is 4.66. The minimum atomic E-state index is 0.591. The summed E-state index contributed by atoms with van der Waals surface area (Å²) >= 11 is 14.0. The van der Waals surface area contributed by atoms with Gasteiger partial charge in [-0.05, 0) is 37.0 Å². The van der Waals surface area contributed by atoms with Gasteiger partial charge in [-0.15, -0.1) is 11.6 Å². The summed E-state index contributed by atoms with van der Waals surface area (Å²) < 4.78 is 2.28. The predicted octanol–water partition coefficient (Wildman–Crippen LogP) is 5.00. The van der Waals surface area contributed by atoms with E-state index in [9.17, 15) is 0 Å². The van der Waals surface area contributed by atoms with Gasteiger partial charge in [-0.1, -0.05) is 24.1 Å². The number of halogens is 2. The Balaban J connectivity index is 2.16. The predicted molar refractivity (Wildman–Crippen MR) is 91.4 cm³/mol. The molecule has 0 atom stereocenters. The Kier molecular flexibility index (Phi) is 6.53. The molecule has 0 bridgehead atoms. The number of hydrogen-bond donors (Lipinski definition) is 0. The number of alkyl halides is 1. The molecule has 0 spiro atoms. The van der Waals surface area contributed by atoms with Crippen molar-refractivity contribution in [2.24, 2.45) is 0 Å². The molecule has 1 aromatic carbocycles. The highest BCUT2D eigenvalue weighted by atomic mass is 35.5. The third kappa shape index (κ3) is 3.84. The van der Waals surface area contributed by atoms with Crippen molar-refractivity contribution in [3.8, 4) is 0 Å². The first-order chi connectivity index (χ1) is 9.77. The Bertz CT molecular complexity index is 554. The fourth-order valence-electron chi connectivity index (χ4n) is 2.38. The van der Waals surface area contributed by atoms with Crippen LogP contribution in [0.25, 0.3) is 11.0 Å². The molecule has 0 fully saturated rings. The maximum absolute atomic E-state index is 6.23. The summed E-state index contributed by atoms with van der Waals surface area (Å²) in [6, 6.07) is 5.97. The second-order valence-corrected chi connectivity index (χ2v) is 6.55. The summed E-state index contributed by atoms with van der Waals surface area (Å²) in [6.07, 6.45) is 6.65. The Hall–Kier alpha value is -0.380. The second kappa shape index (κ2) is 8.16. The van der Waals surface area contributed by atoms with Crippen LogP contribution in [0.1, 0.15) is 25.1 Å². The number of benzene rings is 1. The van der Waals surface area contributed by atoms with Gasteiger partial charge in [0.15, 0.2) is 0 Å². The van der Waals surface area contributed by atoms with Crippen LogP contribution in [0, 0.1) is 0 Å². The van der Waals surface area contributed by atoms with Crippen LogP contribution in [-0.4, -0.2) is 27.4 Å². The van der Waals surface area contributed by atoms with Crippen molar-refractivity contribution in [2.45, 2.75) is 32.2 Å². The highest BCUT2D eigenvalue weighted by Crippen LogP contribution is 2.25. The monoisotopic (exact) mass is 330 g/mol. The summed E-state index contributed by atoms with van der Waals surface area (Å²) in [7, 11) is 0. The maximum Gasteiger partial charge on any atom is 0.111 e. The number of aromatic nitrogens is 2. The zero-order valence-electron chi connectivity index (χ0n) is 11.7. The van der Waals surface area contributed by atoms with E-state index in [2.05, 4.69) is 21.9 Å².